The van der Waals surface area contributed by atoms with Gasteiger partial charge in [0, 0.05) is 62.0 Å². The quantitative estimate of drug-likeness (QED) is 0.207. The van der Waals surface area contributed by atoms with Crippen molar-refractivity contribution >= 4 is 46.3 Å². The normalized spacial score (nSPS) is 21.2. The van der Waals surface area contributed by atoms with E-state index in [0.29, 0.717) is 35.7 Å². The molecular formula is C36H37Cl3F2N4O. The van der Waals surface area contributed by atoms with Gasteiger partial charge >= 0.3 is 0 Å². The van der Waals surface area contributed by atoms with Crippen molar-refractivity contribution in [1.82, 2.24) is 20.4 Å². The number of benzene rings is 3. The lowest BCUT2D eigenvalue weighted by Gasteiger charge is -2.41. The molecule has 3 aromatic rings. The van der Waals surface area contributed by atoms with Crippen LogP contribution < -0.4 is 10.6 Å². The predicted octanol–water partition coefficient (Wildman–Crippen LogP) is 7.41. The van der Waals surface area contributed by atoms with Gasteiger partial charge in [0.25, 0.3) is 5.91 Å². The minimum atomic E-state index is -0.673. The average molecular weight is 686 g/mol. The maximum absolute atomic E-state index is 14.7. The van der Waals surface area contributed by atoms with Gasteiger partial charge in [0.2, 0.25) is 0 Å². The van der Waals surface area contributed by atoms with Gasteiger partial charge in [-0.3, -0.25) is 9.69 Å². The Morgan fingerprint density at radius 1 is 0.870 bits per heavy atom. The summed E-state index contributed by atoms with van der Waals surface area (Å²) in [5.41, 5.74) is 5.01. The molecule has 2 atom stereocenters. The second-order valence-corrected chi connectivity index (χ2v) is 14.2. The van der Waals surface area contributed by atoms with Gasteiger partial charge in [-0.15, -0.1) is 0 Å². The number of fused-ring (bicyclic) bond motifs is 2. The zero-order valence-electron chi connectivity index (χ0n) is 25.5. The molecule has 2 bridgehead atoms. The molecule has 2 saturated carbocycles. The van der Waals surface area contributed by atoms with E-state index in [2.05, 4.69) is 39.8 Å². The molecular weight excluding hydrogens is 649 g/mol. The van der Waals surface area contributed by atoms with Crippen LogP contribution in [0, 0.1) is 11.6 Å². The van der Waals surface area contributed by atoms with Crippen molar-refractivity contribution in [3.05, 3.63) is 109 Å². The highest BCUT2D eigenvalue weighted by Gasteiger charge is 2.41. The van der Waals surface area contributed by atoms with Crippen LogP contribution in [0.25, 0.3) is 5.57 Å². The molecule has 2 aliphatic heterocycles. The highest BCUT2D eigenvalue weighted by Crippen LogP contribution is 2.38. The van der Waals surface area contributed by atoms with Gasteiger partial charge in [0.15, 0.2) is 0 Å². The van der Waals surface area contributed by atoms with Gasteiger partial charge in [-0.2, -0.15) is 0 Å². The summed E-state index contributed by atoms with van der Waals surface area (Å²) in [4.78, 5) is 18.6. The molecule has 0 aromatic heterocycles. The summed E-state index contributed by atoms with van der Waals surface area (Å²) in [6, 6.07) is 17.3. The Morgan fingerprint density at radius 3 is 2.37 bits per heavy atom. The summed E-state index contributed by atoms with van der Waals surface area (Å²) in [6.45, 7) is 2.85. The number of nitrogens with one attached hydrogen (secondary N) is 2. The van der Waals surface area contributed by atoms with Gasteiger partial charge in [-0.05, 0) is 79.0 Å². The fourth-order valence-corrected chi connectivity index (χ4v) is 7.45. The fourth-order valence-electron chi connectivity index (χ4n) is 6.89. The van der Waals surface area contributed by atoms with Gasteiger partial charge in [-0.25, -0.2) is 8.78 Å². The Kier molecular flexibility index (Phi) is 9.43. The smallest absolute Gasteiger partial charge is 0.252 e. The molecule has 4 aliphatic rings. The van der Waals surface area contributed by atoms with Crippen LogP contribution in [-0.2, 0) is 24.3 Å². The van der Waals surface area contributed by atoms with Crippen molar-refractivity contribution in [2.45, 2.75) is 75.8 Å². The van der Waals surface area contributed by atoms with Crippen molar-refractivity contribution in [2.24, 2.45) is 0 Å². The molecule has 1 saturated heterocycles. The second-order valence-electron chi connectivity index (χ2n) is 13.0. The number of hydrogen-bond acceptors (Lipinski definition) is 4. The first kappa shape index (κ1) is 32.0. The van der Waals surface area contributed by atoms with Crippen LogP contribution in [0.3, 0.4) is 0 Å². The summed E-state index contributed by atoms with van der Waals surface area (Å²) >= 11 is 18.8. The summed E-state index contributed by atoms with van der Waals surface area (Å²) in [5.74, 6) is -1.18. The minimum absolute atomic E-state index is 0.0303. The Hall–Kier alpha value is -2.52. The number of carbonyl (C=O) groups excluding carboxylic acids is 1. The molecule has 3 fully saturated rings. The van der Waals surface area contributed by atoms with E-state index in [-0.39, 0.29) is 41.2 Å². The molecule has 2 N–H and O–H groups in total. The summed E-state index contributed by atoms with van der Waals surface area (Å²) in [7, 11) is 0. The Morgan fingerprint density at radius 2 is 1.63 bits per heavy atom. The molecule has 7 rings (SSSR count). The molecule has 10 heteroatoms. The molecule has 2 aliphatic carbocycles. The third kappa shape index (κ3) is 6.87. The number of amides is 1. The third-order valence-corrected chi connectivity index (χ3v) is 10.9. The number of hydrogen-bond donors (Lipinski definition) is 2. The highest BCUT2D eigenvalue weighted by atomic mass is 35.5. The monoisotopic (exact) mass is 684 g/mol. The predicted molar refractivity (Wildman–Crippen MR) is 180 cm³/mol. The molecule has 0 radical (unpaired) electrons. The largest absolute Gasteiger partial charge is 0.331 e. The lowest BCUT2D eigenvalue weighted by Crippen LogP contribution is -2.60. The molecule has 1 amide bonds. The first-order valence-corrected chi connectivity index (χ1v) is 17.3. The van der Waals surface area contributed by atoms with E-state index in [1.807, 2.05) is 17.0 Å². The first-order chi connectivity index (χ1) is 22.3. The molecule has 242 valence electrons. The van der Waals surface area contributed by atoms with Crippen LogP contribution >= 0.6 is 34.8 Å². The molecule has 46 heavy (non-hydrogen) atoms. The molecule has 2 heterocycles. The van der Waals surface area contributed by atoms with E-state index in [1.54, 1.807) is 6.07 Å². The number of rotatable bonds is 11. The van der Waals surface area contributed by atoms with Gasteiger partial charge in [0.1, 0.15) is 11.6 Å². The highest BCUT2D eigenvalue weighted by molar-refractivity contribution is 6.42. The summed E-state index contributed by atoms with van der Waals surface area (Å²) < 4.78 is 29.2. The Labute approximate surface area is 283 Å². The van der Waals surface area contributed by atoms with Crippen LogP contribution in [0.4, 0.5) is 8.78 Å². The topological polar surface area (TPSA) is 47.6 Å². The standard InChI is InChI=1S/C36H37Cl3F2N4O/c37-29-3-1-2-23(34(29)39)19-45(26-10-11-26)36(46)33-27(16-24-17-42-18-32(33)43-24)22-6-4-21(5-7-22)14-15-44(25-8-9-25)20-28-31(40)13-12-30(38)35(28)41/h1-7,12-13,24-26,32,42-43H,8-11,14-20H2/t24-,32+/m0/s1. The number of carbonyl (C=O) groups is 1. The van der Waals surface area contributed by atoms with Crippen molar-refractivity contribution in [1.29, 1.82) is 0 Å². The number of piperazine rings is 1. The number of nitrogens with zero attached hydrogens (tertiary/aromatic N) is 2. The van der Waals surface area contributed by atoms with Crippen LogP contribution in [0.15, 0.2) is 60.2 Å². The fraction of sp³-hybridized carbons (Fsp3) is 0.417. The molecule has 5 nitrogen and oxygen atoms in total. The van der Waals surface area contributed by atoms with Gasteiger partial charge in [0.05, 0.1) is 21.1 Å². The van der Waals surface area contributed by atoms with Crippen LogP contribution in [0.5, 0.6) is 0 Å². The summed E-state index contributed by atoms with van der Waals surface area (Å²) in [6.07, 6.45) is 5.52. The molecule has 0 spiro atoms. The maximum atomic E-state index is 14.7. The van der Waals surface area contributed by atoms with Crippen molar-refractivity contribution in [3.63, 3.8) is 0 Å². The lowest BCUT2D eigenvalue weighted by molar-refractivity contribution is -0.128. The first-order valence-electron chi connectivity index (χ1n) is 16.2. The molecule has 3 aromatic carbocycles. The van der Waals surface area contributed by atoms with E-state index in [4.69, 9.17) is 34.8 Å². The van der Waals surface area contributed by atoms with Crippen molar-refractivity contribution in [2.75, 3.05) is 19.6 Å². The van der Waals surface area contributed by atoms with Crippen molar-refractivity contribution in [3.8, 4) is 0 Å². The van der Waals surface area contributed by atoms with E-state index in [1.165, 1.54) is 12.1 Å². The zero-order chi connectivity index (χ0) is 31.9. The van der Waals surface area contributed by atoms with Crippen molar-refractivity contribution < 1.29 is 13.6 Å². The van der Waals surface area contributed by atoms with Crippen LogP contribution in [0.1, 0.15) is 54.4 Å². The average Bonchev–Trinajstić information content (AvgIpc) is 3.98. The van der Waals surface area contributed by atoms with Gasteiger partial charge in [-0.1, -0.05) is 71.2 Å². The van der Waals surface area contributed by atoms with Crippen LogP contribution in [0.2, 0.25) is 15.1 Å². The Bertz CT molecular complexity index is 1660. The van der Waals surface area contributed by atoms with Gasteiger partial charge < -0.3 is 15.5 Å². The Balaban J connectivity index is 1.12. The lowest BCUT2D eigenvalue weighted by atomic mass is 9.83. The zero-order valence-corrected chi connectivity index (χ0v) is 27.7. The second kappa shape index (κ2) is 13.5. The maximum Gasteiger partial charge on any atom is 0.252 e. The minimum Gasteiger partial charge on any atom is -0.331 e. The summed E-state index contributed by atoms with van der Waals surface area (Å²) in [5, 5.41) is 8.13. The van der Waals surface area contributed by atoms with E-state index >= 15 is 0 Å². The third-order valence-electron chi connectivity index (χ3n) is 9.70. The van der Waals surface area contributed by atoms with E-state index in [0.717, 1.165) is 72.9 Å². The number of halogens is 5. The SMILES string of the molecule is O=C(C1=C(c2ccc(CCN(Cc3c(F)ccc(Cl)c3F)C3CC3)cc2)C[C@H]2CNC[C@H]1N2)N(Cc1cccc(Cl)c1Cl)C1CC1. The van der Waals surface area contributed by atoms with E-state index in [9.17, 15) is 13.6 Å². The van der Waals surface area contributed by atoms with E-state index < -0.39 is 11.6 Å². The molecule has 0 unspecified atom stereocenters. The van der Waals surface area contributed by atoms with Crippen LogP contribution in [-0.4, -0.2) is 59.5 Å².